The van der Waals surface area contributed by atoms with Gasteiger partial charge in [-0.05, 0) is 33.6 Å². The van der Waals surface area contributed by atoms with E-state index in [1.54, 1.807) is 11.3 Å². The first-order valence-corrected chi connectivity index (χ1v) is 7.96. The molecule has 0 spiro atoms. The third-order valence-electron chi connectivity index (χ3n) is 3.75. The summed E-state index contributed by atoms with van der Waals surface area (Å²) in [6.07, 6.45) is 0. The number of likely N-dealkylation sites (tertiary alicyclic amines) is 1. The lowest BCUT2D eigenvalue weighted by Crippen LogP contribution is -2.60. The Morgan fingerprint density at radius 1 is 1.16 bits per heavy atom. The Labute approximate surface area is 125 Å². The SMILES string of the molecule is OCC1(c2ccccc2)CN(Cc2ccc(Br)s2)C1. The van der Waals surface area contributed by atoms with Crippen LogP contribution in [0.25, 0.3) is 0 Å². The Morgan fingerprint density at radius 3 is 2.47 bits per heavy atom. The molecule has 1 aliphatic rings. The van der Waals surface area contributed by atoms with E-state index in [1.807, 2.05) is 18.2 Å². The summed E-state index contributed by atoms with van der Waals surface area (Å²) in [6, 6.07) is 14.6. The third kappa shape index (κ3) is 2.63. The molecule has 1 aromatic carbocycles. The molecule has 4 heteroatoms. The zero-order chi connectivity index (χ0) is 13.3. The van der Waals surface area contributed by atoms with Gasteiger partial charge in [0, 0.05) is 29.9 Å². The van der Waals surface area contributed by atoms with Crippen molar-refractivity contribution in [3.63, 3.8) is 0 Å². The highest BCUT2D eigenvalue weighted by molar-refractivity contribution is 9.11. The molecule has 100 valence electrons. The quantitative estimate of drug-likeness (QED) is 0.925. The second kappa shape index (κ2) is 5.37. The molecule has 0 amide bonds. The minimum Gasteiger partial charge on any atom is -0.395 e. The van der Waals surface area contributed by atoms with Crippen LogP contribution in [0, 0.1) is 0 Å². The standard InChI is InChI=1S/C15H16BrNOS/c16-14-7-6-13(19-14)8-17-9-15(10-17,11-18)12-4-2-1-3-5-12/h1-7,18H,8-11H2. The van der Waals surface area contributed by atoms with Gasteiger partial charge in [-0.25, -0.2) is 0 Å². The maximum Gasteiger partial charge on any atom is 0.0701 e. The molecule has 3 rings (SSSR count). The zero-order valence-electron chi connectivity index (χ0n) is 10.6. The number of hydrogen-bond acceptors (Lipinski definition) is 3. The summed E-state index contributed by atoms with van der Waals surface area (Å²) in [5.41, 5.74) is 1.19. The highest BCUT2D eigenvalue weighted by Crippen LogP contribution is 2.36. The van der Waals surface area contributed by atoms with Crippen molar-refractivity contribution in [1.29, 1.82) is 0 Å². The molecule has 0 saturated carbocycles. The Bertz CT molecular complexity index is 548. The molecule has 0 aliphatic carbocycles. The van der Waals surface area contributed by atoms with Gasteiger partial charge in [-0.2, -0.15) is 0 Å². The summed E-state index contributed by atoms with van der Waals surface area (Å²) < 4.78 is 1.18. The lowest BCUT2D eigenvalue weighted by atomic mass is 9.74. The van der Waals surface area contributed by atoms with Gasteiger partial charge in [0.15, 0.2) is 0 Å². The zero-order valence-corrected chi connectivity index (χ0v) is 13.0. The van der Waals surface area contributed by atoms with Crippen LogP contribution in [0.15, 0.2) is 46.3 Å². The van der Waals surface area contributed by atoms with E-state index in [-0.39, 0.29) is 12.0 Å². The fourth-order valence-corrected chi connectivity index (χ4v) is 4.27. The summed E-state index contributed by atoms with van der Waals surface area (Å²) in [7, 11) is 0. The maximum atomic E-state index is 9.75. The second-order valence-electron chi connectivity index (χ2n) is 5.16. The van der Waals surface area contributed by atoms with Crippen molar-refractivity contribution in [2.75, 3.05) is 19.7 Å². The Kier molecular flexibility index (Phi) is 3.76. The maximum absolute atomic E-state index is 9.75. The van der Waals surface area contributed by atoms with Gasteiger partial charge < -0.3 is 5.11 Å². The molecule has 0 atom stereocenters. The van der Waals surface area contributed by atoms with E-state index < -0.39 is 0 Å². The third-order valence-corrected chi connectivity index (χ3v) is 5.36. The largest absolute Gasteiger partial charge is 0.395 e. The summed E-state index contributed by atoms with van der Waals surface area (Å²) >= 11 is 5.28. The predicted molar refractivity (Wildman–Crippen MR) is 82.5 cm³/mol. The van der Waals surface area contributed by atoms with Crippen molar-refractivity contribution < 1.29 is 5.11 Å². The number of aliphatic hydroxyl groups excluding tert-OH is 1. The van der Waals surface area contributed by atoms with E-state index in [4.69, 9.17) is 0 Å². The lowest BCUT2D eigenvalue weighted by Gasteiger charge is -2.49. The van der Waals surface area contributed by atoms with Gasteiger partial charge in [-0.1, -0.05) is 30.3 Å². The van der Waals surface area contributed by atoms with E-state index in [9.17, 15) is 5.11 Å². The van der Waals surface area contributed by atoms with E-state index in [0.717, 1.165) is 19.6 Å². The van der Waals surface area contributed by atoms with Crippen LogP contribution < -0.4 is 0 Å². The van der Waals surface area contributed by atoms with Gasteiger partial charge in [0.2, 0.25) is 0 Å². The van der Waals surface area contributed by atoms with Crippen LogP contribution in [0.2, 0.25) is 0 Å². The van der Waals surface area contributed by atoms with E-state index >= 15 is 0 Å². The number of nitrogens with zero attached hydrogens (tertiary/aromatic N) is 1. The first-order chi connectivity index (χ1) is 9.22. The highest BCUT2D eigenvalue weighted by atomic mass is 79.9. The monoisotopic (exact) mass is 337 g/mol. The number of rotatable bonds is 4. The van der Waals surface area contributed by atoms with Crippen LogP contribution in [0.1, 0.15) is 10.4 Å². The molecule has 1 saturated heterocycles. The molecule has 0 radical (unpaired) electrons. The van der Waals surface area contributed by atoms with E-state index in [0.29, 0.717) is 0 Å². The Balaban J connectivity index is 1.67. The second-order valence-corrected chi connectivity index (χ2v) is 7.70. The first-order valence-electron chi connectivity index (χ1n) is 6.35. The molecule has 2 nitrogen and oxygen atoms in total. The molecule has 1 N–H and O–H groups in total. The van der Waals surface area contributed by atoms with Crippen molar-refractivity contribution in [2.24, 2.45) is 0 Å². The first kappa shape index (κ1) is 13.3. The molecular formula is C15H16BrNOS. The summed E-state index contributed by atoms with van der Waals surface area (Å²) in [5.74, 6) is 0. The molecule has 1 fully saturated rings. The number of benzene rings is 1. The smallest absolute Gasteiger partial charge is 0.0701 e. The number of aliphatic hydroxyl groups is 1. The van der Waals surface area contributed by atoms with Crippen LogP contribution in [0.4, 0.5) is 0 Å². The van der Waals surface area contributed by atoms with Crippen LogP contribution in [-0.4, -0.2) is 29.7 Å². The molecule has 1 aliphatic heterocycles. The minimum absolute atomic E-state index is 0.0598. The van der Waals surface area contributed by atoms with Gasteiger partial charge in [-0.3, -0.25) is 4.90 Å². The number of hydrogen-bond donors (Lipinski definition) is 1. The van der Waals surface area contributed by atoms with Gasteiger partial charge in [0.05, 0.1) is 10.4 Å². The normalized spacial score (nSPS) is 18.2. The van der Waals surface area contributed by atoms with Crippen LogP contribution in [0.3, 0.4) is 0 Å². The van der Waals surface area contributed by atoms with E-state index in [2.05, 4.69) is 45.1 Å². The molecule has 2 aromatic rings. The van der Waals surface area contributed by atoms with Crippen LogP contribution in [-0.2, 0) is 12.0 Å². The summed E-state index contributed by atoms with van der Waals surface area (Å²) in [5, 5.41) is 9.75. The van der Waals surface area contributed by atoms with Crippen molar-refractivity contribution in [3.8, 4) is 0 Å². The van der Waals surface area contributed by atoms with Gasteiger partial charge in [-0.15, -0.1) is 11.3 Å². The van der Waals surface area contributed by atoms with Gasteiger partial charge in [0.25, 0.3) is 0 Å². The van der Waals surface area contributed by atoms with Crippen molar-refractivity contribution in [2.45, 2.75) is 12.0 Å². The minimum atomic E-state index is -0.0598. The van der Waals surface area contributed by atoms with Crippen molar-refractivity contribution in [3.05, 3.63) is 56.7 Å². The predicted octanol–water partition coefficient (Wildman–Crippen LogP) is 3.26. The average Bonchev–Trinajstić information content (AvgIpc) is 2.80. The lowest BCUT2D eigenvalue weighted by molar-refractivity contribution is 0.0146. The summed E-state index contributed by atoms with van der Waals surface area (Å²) in [4.78, 5) is 3.76. The fourth-order valence-electron chi connectivity index (χ4n) is 2.74. The van der Waals surface area contributed by atoms with Gasteiger partial charge in [0.1, 0.15) is 0 Å². The number of thiophene rings is 1. The molecule has 1 aromatic heterocycles. The number of halogens is 1. The Morgan fingerprint density at radius 2 is 1.89 bits per heavy atom. The van der Waals surface area contributed by atoms with Crippen LogP contribution >= 0.6 is 27.3 Å². The average molecular weight is 338 g/mol. The fraction of sp³-hybridized carbons (Fsp3) is 0.333. The van der Waals surface area contributed by atoms with Gasteiger partial charge >= 0.3 is 0 Å². The molecular weight excluding hydrogens is 322 g/mol. The van der Waals surface area contributed by atoms with Crippen molar-refractivity contribution in [1.82, 2.24) is 4.90 Å². The van der Waals surface area contributed by atoms with Crippen molar-refractivity contribution >= 4 is 27.3 Å². The highest BCUT2D eigenvalue weighted by Gasteiger charge is 2.43. The Hall–Kier alpha value is -0.680. The topological polar surface area (TPSA) is 23.5 Å². The molecule has 0 bridgehead atoms. The molecule has 19 heavy (non-hydrogen) atoms. The molecule has 0 unspecified atom stereocenters. The van der Waals surface area contributed by atoms with E-state index in [1.165, 1.54) is 14.2 Å². The summed E-state index contributed by atoms with van der Waals surface area (Å²) in [6.45, 7) is 3.07. The molecule has 2 heterocycles. The van der Waals surface area contributed by atoms with Crippen LogP contribution in [0.5, 0.6) is 0 Å².